The molecule has 0 saturated heterocycles. The van der Waals surface area contributed by atoms with Crippen LogP contribution in [0, 0.1) is 13.8 Å². The van der Waals surface area contributed by atoms with Gasteiger partial charge in [0.05, 0.1) is 17.3 Å². The van der Waals surface area contributed by atoms with Crippen LogP contribution in [0.5, 0.6) is 0 Å². The molecule has 0 radical (unpaired) electrons. The van der Waals surface area contributed by atoms with E-state index in [2.05, 4.69) is 15.0 Å². The molecule has 7 heteroatoms. The van der Waals surface area contributed by atoms with Gasteiger partial charge in [0.25, 0.3) is 5.56 Å². The maximum atomic E-state index is 13.1. The molecule has 0 bridgehead atoms. The summed E-state index contributed by atoms with van der Waals surface area (Å²) in [7, 11) is 1.65. The number of aryl methyl sites for hydroxylation is 2. The first-order valence-electron chi connectivity index (χ1n) is 9.93. The molecule has 0 fully saturated rings. The highest BCUT2D eigenvalue weighted by atomic mass is 16.5. The van der Waals surface area contributed by atoms with E-state index >= 15 is 0 Å². The third-order valence-electron chi connectivity index (χ3n) is 5.17. The van der Waals surface area contributed by atoms with Crippen molar-refractivity contribution < 1.29 is 9.53 Å². The molecule has 3 rings (SSSR count). The van der Waals surface area contributed by atoms with Crippen molar-refractivity contribution in [1.82, 2.24) is 19.7 Å². The Morgan fingerprint density at radius 2 is 1.90 bits per heavy atom. The zero-order valence-corrected chi connectivity index (χ0v) is 17.3. The molecule has 0 atom stereocenters. The smallest absolute Gasteiger partial charge is 0.281 e. The first-order valence-corrected chi connectivity index (χ1v) is 9.93. The highest BCUT2D eigenvalue weighted by Crippen LogP contribution is 2.23. The Balaban J connectivity index is 1.75. The predicted octanol–water partition coefficient (Wildman–Crippen LogP) is 2.74. The maximum Gasteiger partial charge on any atom is 0.281 e. The largest absolute Gasteiger partial charge is 0.385 e. The number of benzene rings is 1. The molecule has 0 aliphatic rings. The van der Waals surface area contributed by atoms with E-state index < -0.39 is 0 Å². The van der Waals surface area contributed by atoms with Crippen molar-refractivity contribution in [2.24, 2.45) is 0 Å². The van der Waals surface area contributed by atoms with Crippen molar-refractivity contribution >= 4 is 16.7 Å². The Morgan fingerprint density at radius 3 is 2.62 bits per heavy atom. The lowest BCUT2D eigenvalue weighted by atomic mass is 10.2. The summed E-state index contributed by atoms with van der Waals surface area (Å²) >= 11 is 0. The van der Waals surface area contributed by atoms with Crippen molar-refractivity contribution in [3.63, 3.8) is 0 Å². The molecule has 0 saturated carbocycles. The van der Waals surface area contributed by atoms with Crippen molar-refractivity contribution in [3.05, 3.63) is 58.3 Å². The van der Waals surface area contributed by atoms with Gasteiger partial charge in [-0.3, -0.25) is 9.59 Å². The lowest BCUT2D eigenvalue weighted by molar-refractivity contribution is -0.121. The van der Waals surface area contributed by atoms with E-state index in [4.69, 9.17) is 4.74 Å². The molecule has 2 heterocycles. The third kappa shape index (κ3) is 4.56. The van der Waals surface area contributed by atoms with Gasteiger partial charge < -0.3 is 14.6 Å². The van der Waals surface area contributed by atoms with E-state index in [1.54, 1.807) is 13.3 Å². The van der Waals surface area contributed by atoms with Crippen LogP contribution in [0.15, 0.2) is 41.3 Å². The molecule has 0 aliphatic heterocycles. The van der Waals surface area contributed by atoms with Gasteiger partial charge in [-0.15, -0.1) is 0 Å². The van der Waals surface area contributed by atoms with E-state index in [0.717, 1.165) is 28.9 Å². The van der Waals surface area contributed by atoms with Gasteiger partial charge in [-0.2, -0.15) is 9.78 Å². The van der Waals surface area contributed by atoms with Crippen LogP contribution in [0.1, 0.15) is 30.7 Å². The fourth-order valence-corrected chi connectivity index (χ4v) is 3.63. The number of nitrogens with one attached hydrogen (secondary N) is 1. The Labute approximate surface area is 170 Å². The van der Waals surface area contributed by atoms with Gasteiger partial charge in [0, 0.05) is 50.0 Å². The maximum absolute atomic E-state index is 13.1. The van der Waals surface area contributed by atoms with Crippen molar-refractivity contribution in [3.8, 4) is 5.69 Å². The number of hydrogen-bond acceptors (Lipinski definition) is 4. The Hall–Kier alpha value is -2.93. The van der Waals surface area contributed by atoms with Crippen LogP contribution >= 0.6 is 0 Å². The minimum atomic E-state index is -0.121. The van der Waals surface area contributed by atoms with Gasteiger partial charge in [0.2, 0.25) is 5.91 Å². The van der Waals surface area contributed by atoms with Crippen LogP contribution in [0.4, 0.5) is 0 Å². The molecular formula is C22H28N4O3. The summed E-state index contributed by atoms with van der Waals surface area (Å²) in [4.78, 5) is 25.1. The number of amides is 1. The van der Waals surface area contributed by atoms with E-state index in [1.807, 2.05) is 44.2 Å². The summed E-state index contributed by atoms with van der Waals surface area (Å²) in [5.41, 5.74) is 2.54. The van der Waals surface area contributed by atoms with Crippen molar-refractivity contribution in [2.75, 3.05) is 20.3 Å². The molecule has 1 N–H and O–H groups in total. The normalized spacial score (nSPS) is 11.1. The average Bonchev–Trinajstić information content (AvgIpc) is 2.97. The molecule has 3 aromatic rings. The quantitative estimate of drug-likeness (QED) is 0.564. The molecule has 1 aromatic carbocycles. The molecule has 0 aliphatic carbocycles. The number of aromatic nitrogens is 3. The van der Waals surface area contributed by atoms with Crippen LogP contribution in [-0.2, 0) is 16.1 Å². The monoisotopic (exact) mass is 396 g/mol. The van der Waals surface area contributed by atoms with E-state index in [1.165, 1.54) is 4.68 Å². The van der Waals surface area contributed by atoms with Gasteiger partial charge in [-0.25, -0.2) is 0 Å². The summed E-state index contributed by atoms with van der Waals surface area (Å²) < 4.78 is 8.53. The summed E-state index contributed by atoms with van der Waals surface area (Å²) in [5.74, 6) is 0.0428. The second-order valence-electron chi connectivity index (χ2n) is 7.11. The van der Waals surface area contributed by atoms with Gasteiger partial charge in [0.1, 0.15) is 0 Å². The summed E-state index contributed by atoms with van der Waals surface area (Å²) in [6.07, 6.45) is 3.72. The Kier molecular flexibility index (Phi) is 6.82. The van der Waals surface area contributed by atoms with Crippen molar-refractivity contribution in [2.45, 2.75) is 39.7 Å². The standard InChI is InChI=1S/C22H28N4O3/c1-16-19-15-24-26(18-9-5-4-6-10-18)22(28)21(19)17(2)25(16)13-7-11-20(27)23-12-8-14-29-3/h4-6,9-10,15H,7-8,11-14H2,1-3H3,(H,23,27). The number of rotatable bonds is 9. The third-order valence-corrected chi connectivity index (χ3v) is 5.17. The molecule has 2 aromatic heterocycles. The number of fused-ring (bicyclic) bond motifs is 1. The SMILES string of the molecule is COCCCNC(=O)CCCn1c(C)c2cnn(-c3ccccc3)c(=O)c2c1C. The zero-order chi connectivity index (χ0) is 20.8. The van der Waals surface area contributed by atoms with E-state index in [0.29, 0.717) is 37.9 Å². The Morgan fingerprint density at radius 1 is 1.14 bits per heavy atom. The summed E-state index contributed by atoms with van der Waals surface area (Å²) in [5, 5.41) is 8.82. The average molecular weight is 396 g/mol. The van der Waals surface area contributed by atoms with Gasteiger partial charge in [-0.05, 0) is 38.8 Å². The number of ether oxygens (including phenoxy) is 1. The Bertz CT molecular complexity index is 1040. The lowest BCUT2D eigenvalue weighted by Gasteiger charge is -2.09. The van der Waals surface area contributed by atoms with Gasteiger partial charge in [-0.1, -0.05) is 18.2 Å². The fraction of sp³-hybridized carbons (Fsp3) is 0.409. The first-order chi connectivity index (χ1) is 14.0. The molecule has 29 heavy (non-hydrogen) atoms. The molecular weight excluding hydrogens is 368 g/mol. The van der Waals surface area contributed by atoms with Crippen LogP contribution in [0.2, 0.25) is 0 Å². The number of nitrogens with zero attached hydrogens (tertiary/aromatic N) is 3. The van der Waals surface area contributed by atoms with Crippen LogP contribution in [0.25, 0.3) is 16.5 Å². The minimum Gasteiger partial charge on any atom is -0.385 e. The van der Waals surface area contributed by atoms with Crippen LogP contribution in [0.3, 0.4) is 0 Å². The molecule has 0 spiro atoms. The number of para-hydroxylation sites is 1. The predicted molar refractivity (Wildman–Crippen MR) is 114 cm³/mol. The topological polar surface area (TPSA) is 78.2 Å². The summed E-state index contributed by atoms with van der Waals surface area (Å²) in [6.45, 7) is 5.90. The molecule has 154 valence electrons. The van der Waals surface area contributed by atoms with E-state index in [-0.39, 0.29) is 11.5 Å². The second-order valence-corrected chi connectivity index (χ2v) is 7.11. The fourth-order valence-electron chi connectivity index (χ4n) is 3.63. The summed E-state index contributed by atoms with van der Waals surface area (Å²) in [6, 6.07) is 9.41. The number of hydrogen-bond donors (Lipinski definition) is 1. The number of methoxy groups -OCH3 is 1. The zero-order valence-electron chi connectivity index (χ0n) is 17.3. The van der Waals surface area contributed by atoms with Crippen LogP contribution in [-0.4, -0.2) is 40.5 Å². The highest BCUT2D eigenvalue weighted by Gasteiger charge is 2.16. The van der Waals surface area contributed by atoms with Crippen LogP contribution < -0.4 is 10.9 Å². The molecule has 1 amide bonds. The first kappa shape index (κ1) is 20.8. The number of carbonyl (C=O) groups excluding carboxylic acids is 1. The van der Waals surface area contributed by atoms with Gasteiger partial charge in [0.15, 0.2) is 0 Å². The highest BCUT2D eigenvalue weighted by molar-refractivity contribution is 5.87. The second kappa shape index (κ2) is 9.52. The van der Waals surface area contributed by atoms with E-state index in [9.17, 15) is 9.59 Å². The van der Waals surface area contributed by atoms with Crippen molar-refractivity contribution in [1.29, 1.82) is 0 Å². The molecule has 0 unspecified atom stereocenters. The number of carbonyl (C=O) groups is 1. The molecule has 7 nitrogen and oxygen atoms in total. The lowest BCUT2D eigenvalue weighted by Crippen LogP contribution is -2.25. The minimum absolute atomic E-state index is 0.0428. The van der Waals surface area contributed by atoms with Gasteiger partial charge >= 0.3 is 0 Å².